The number of carbonyl (C=O) groups is 4. The van der Waals surface area contributed by atoms with Gasteiger partial charge in [0, 0.05) is 30.3 Å². The number of hydrogen-bond donors (Lipinski definition) is 4. The Morgan fingerprint density at radius 1 is 1.05 bits per heavy atom. The molecule has 2 aromatic carbocycles. The van der Waals surface area contributed by atoms with E-state index in [1.807, 2.05) is 12.1 Å². The van der Waals surface area contributed by atoms with Gasteiger partial charge < -0.3 is 20.6 Å². The standard InChI is InChI=1S/C29H38F4N4O5S.C9H10ClN.CH2O2/c1-26(2,3)22(34-19-13-17(29(31,32)33)12-18(30)14-19)24(39)37-11-5-6-21(37)23(38)35-28(15-20(28)16-7-8-16)25(40)36-43(41,42)27(4)9-10-27;1-11-5-7-3-2-4-9(10)8(7)6-11;2-1-3/h12-14,16,20-22,34H,5-11,15H2,1-4H3,(H,35,38)(H,36,40);2-4H,5-6H2,1H3;1H,(H,2,3). The van der Waals surface area contributed by atoms with Gasteiger partial charge in [-0.1, -0.05) is 44.5 Å². The van der Waals surface area contributed by atoms with Gasteiger partial charge in [-0.2, -0.15) is 13.2 Å². The van der Waals surface area contributed by atoms with Gasteiger partial charge in [0.25, 0.3) is 12.4 Å². The first-order chi connectivity index (χ1) is 26.5. The highest BCUT2D eigenvalue weighted by molar-refractivity contribution is 7.91. The molecule has 12 nitrogen and oxygen atoms in total. The van der Waals surface area contributed by atoms with E-state index in [4.69, 9.17) is 21.5 Å². The Bertz CT molecular complexity index is 1990. The summed E-state index contributed by atoms with van der Waals surface area (Å²) in [5, 5.41) is 13.4. The monoisotopic (exact) mass is 843 g/mol. The maximum Gasteiger partial charge on any atom is 0.416 e. The summed E-state index contributed by atoms with van der Waals surface area (Å²) in [7, 11) is -1.82. The number of likely N-dealkylation sites (tertiary alicyclic amines) is 1. The van der Waals surface area contributed by atoms with Crippen LogP contribution in [0.25, 0.3) is 0 Å². The number of alkyl halides is 3. The molecule has 4 N–H and O–H groups in total. The van der Waals surface area contributed by atoms with E-state index in [1.165, 1.54) is 16.0 Å². The number of amides is 3. The molecule has 0 bridgehead atoms. The zero-order chi connectivity index (χ0) is 42.3. The molecular weight excluding hydrogens is 794 g/mol. The van der Waals surface area contributed by atoms with Crippen LogP contribution < -0.4 is 15.4 Å². The Morgan fingerprint density at radius 3 is 2.26 bits per heavy atom. The van der Waals surface area contributed by atoms with E-state index in [2.05, 4.69) is 33.4 Å². The Labute approximate surface area is 335 Å². The molecule has 1 saturated heterocycles. The Balaban J connectivity index is 0.000000372. The van der Waals surface area contributed by atoms with Crippen molar-refractivity contribution in [3.8, 4) is 0 Å². The van der Waals surface area contributed by atoms with Crippen LogP contribution in [0.5, 0.6) is 0 Å². The number of carboxylic acid groups (broad SMARTS) is 1. The highest BCUT2D eigenvalue weighted by atomic mass is 35.5. The summed E-state index contributed by atoms with van der Waals surface area (Å²) in [6.07, 6.45) is -1.10. The number of carbonyl (C=O) groups excluding carboxylic acids is 3. The first-order valence-corrected chi connectivity index (χ1v) is 20.7. The lowest BCUT2D eigenvalue weighted by Crippen LogP contribution is -2.59. The minimum atomic E-state index is -4.79. The lowest BCUT2D eigenvalue weighted by molar-refractivity contribution is -0.141. The zero-order valence-corrected chi connectivity index (χ0v) is 34.1. The van der Waals surface area contributed by atoms with Crippen LogP contribution in [-0.2, 0) is 48.5 Å². The van der Waals surface area contributed by atoms with E-state index < -0.39 is 73.1 Å². The molecule has 18 heteroatoms. The summed E-state index contributed by atoms with van der Waals surface area (Å²) >= 11 is 6.01. The molecule has 2 aliphatic heterocycles. The molecule has 57 heavy (non-hydrogen) atoms. The molecule has 314 valence electrons. The largest absolute Gasteiger partial charge is 0.483 e. The van der Waals surface area contributed by atoms with Crippen LogP contribution in [0.15, 0.2) is 36.4 Å². The first-order valence-electron chi connectivity index (χ1n) is 18.8. The maximum atomic E-state index is 14.1. The number of rotatable bonds is 9. The van der Waals surface area contributed by atoms with Crippen molar-refractivity contribution in [2.24, 2.45) is 17.3 Å². The molecule has 5 aliphatic rings. The fourth-order valence-electron chi connectivity index (χ4n) is 7.57. The van der Waals surface area contributed by atoms with E-state index in [1.54, 1.807) is 27.7 Å². The van der Waals surface area contributed by atoms with Crippen LogP contribution in [0.4, 0.5) is 23.2 Å². The number of sulfonamides is 1. The predicted octanol–water partition coefficient (Wildman–Crippen LogP) is 5.93. The molecule has 0 aromatic heterocycles. The number of benzene rings is 2. The summed E-state index contributed by atoms with van der Waals surface area (Å²) in [4.78, 5) is 52.9. The summed E-state index contributed by atoms with van der Waals surface area (Å²) in [6.45, 7) is 8.63. The third kappa shape index (κ3) is 10.0. The fourth-order valence-corrected chi connectivity index (χ4v) is 9.13. The number of fused-ring (bicyclic) bond motifs is 1. The molecule has 2 heterocycles. The van der Waals surface area contributed by atoms with Crippen LogP contribution in [0.3, 0.4) is 0 Å². The molecule has 4 unspecified atom stereocenters. The molecule has 0 radical (unpaired) electrons. The second-order valence-corrected chi connectivity index (χ2v) is 19.6. The quantitative estimate of drug-likeness (QED) is 0.177. The number of halogens is 5. The van der Waals surface area contributed by atoms with Crippen LogP contribution >= 0.6 is 11.6 Å². The van der Waals surface area contributed by atoms with Crippen molar-refractivity contribution >= 4 is 51.5 Å². The summed E-state index contributed by atoms with van der Waals surface area (Å²) in [6, 6.07) is 6.00. The third-order valence-electron chi connectivity index (χ3n) is 11.4. The highest BCUT2D eigenvalue weighted by Crippen LogP contribution is 2.57. The van der Waals surface area contributed by atoms with Gasteiger partial charge in [-0.3, -0.25) is 28.8 Å². The van der Waals surface area contributed by atoms with Crippen LogP contribution in [-0.4, -0.2) is 83.5 Å². The molecule has 7 rings (SSSR count). The molecule has 3 aliphatic carbocycles. The Hall–Kier alpha value is -3.96. The van der Waals surface area contributed by atoms with Crippen LogP contribution in [0.1, 0.15) is 89.3 Å². The van der Waals surface area contributed by atoms with Gasteiger partial charge in [0.2, 0.25) is 21.8 Å². The van der Waals surface area contributed by atoms with Crippen molar-refractivity contribution in [3.63, 3.8) is 0 Å². The maximum absolute atomic E-state index is 14.1. The number of anilines is 1. The average Bonchev–Trinajstić information content (AvgIpc) is 4.06. The predicted molar refractivity (Wildman–Crippen MR) is 205 cm³/mol. The van der Waals surface area contributed by atoms with Gasteiger partial charge in [0.05, 0.1) is 10.3 Å². The van der Waals surface area contributed by atoms with Gasteiger partial charge in [-0.15, -0.1) is 0 Å². The number of hydrogen-bond acceptors (Lipinski definition) is 8. The van der Waals surface area contributed by atoms with Crippen molar-refractivity contribution in [1.82, 2.24) is 19.8 Å². The van der Waals surface area contributed by atoms with Gasteiger partial charge in [-0.25, -0.2) is 12.8 Å². The first kappa shape index (κ1) is 44.1. The lowest BCUT2D eigenvalue weighted by atomic mass is 9.85. The second kappa shape index (κ2) is 16.4. The highest BCUT2D eigenvalue weighted by Gasteiger charge is 2.67. The molecule has 4 atom stereocenters. The van der Waals surface area contributed by atoms with E-state index >= 15 is 0 Å². The second-order valence-electron chi connectivity index (χ2n) is 17.0. The van der Waals surface area contributed by atoms with Crippen molar-refractivity contribution < 1.29 is 50.3 Å². The van der Waals surface area contributed by atoms with E-state index in [0.717, 1.165) is 43.1 Å². The van der Waals surface area contributed by atoms with E-state index in [-0.39, 0.29) is 37.0 Å². The molecule has 4 fully saturated rings. The molecule has 2 aromatic rings. The topological polar surface area (TPSA) is 165 Å². The third-order valence-corrected chi connectivity index (χ3v) is 13.9. The van der Waals surface area contributed by atoms with E-state index in [0.29, 0.717) is 31.7 Å². The van der Waals surface area contributed by atoms with Gasteiger partial charge in [0.15, 0.2) is 0 Å². The minimum Gasteiger partial charge on any atom is -0.483 e. The average molecular weight is 844 g/mol. The fraction of sp³-hybridized carbons (Fsp3) is 0.590. The van der Waals surface area contributed by atoms with Gasteiger partial charge in [0.1, 0.15) is 23.4 Å². The number of nitrogens with one attached hydrogen (secondary N) is 3. The Kier molecular flexibility index (Phi) is 12.7. The summed E-state index contributed by atoms with van der Waals surface area (Å²) < 4.78 is 80.9. The Morgan fingerprint density at radius 2 is 1.70 bits per heavy atom. The molecule has 3 saturated carbocycles. The van der Waals surface area contributed by atoms with Gasteiger partial charge in [-0.05, 0) is 112 Å². The zero-order valence-electron chi connectivity index (χ0n) is 32.5. The van der Waals surface area contributed by atoms with E-state index in [9.17, 15) is 40.4 Å². The van der Waals surface area contributed by atoms with Crippen molar-refractivity contribution in [3.05, 3.63) is 63.9 Å². The molecular formula is C39H50ClF4N5O7S. The van der Waals surface area contributed by atoms with Gasteiger partial charge >= 0.3 is 6.18 Å². The normalized spacial score (nSPS) is 24.1. The SMILES string of the molecule is CC(C)(C)C(Nc1cc(F)cc(C(F)(F)F)c1)C(=O)N1CCCC1C(=O)NC1(C(=O)NS(=O)(=O)C2(C)CC2)CC1C1CC1.CN1Cc2cccc(Cl)c2C1.O=CO. The van der Waals surface area contributed by atoms with Crippen molar-refractivity contribution in [1.29, 1.82) is 0 Å². The number of nitrogens with zero attached hydrogens (tertiary/aromatic N) is 2. The van der Waals surface area contributed by atoms with Crippen LogP contribution in [0, 0.1) is 23.1 Å². The van der Waals surface area contributed by atoms with Crippen LogP contribution in [0.2, 0.25) is 5.02 Å². The minimum absolute atomic E-state index is 0.195. The molecule has 3 amide bonds. The molecule has 0 spiro atoms. The van der Waals surface area contributed by atoms with Crippen molar-refractivity contribution in [2.75, 3.05) is 18.9 Å². The summed E-state index contributed by atoms with van der Waals surface area (Å²) in [5.41, 5.74) is -0.994. The summed E-state index contributed by atoms with van der Waals surface area (Å²) in [5.74, 6) is -3.02. The van der Waals surface area contributed by atoms with Crippen molar-refractivity contribution in [2.45, 2.75) is 114 Å². The smallest absolute Gasteiger partial charge is 0.416 e. The lowest BCUT2D eigenvalue weighted by Gasteiger charge is -2.36.